The molecule has 2 N–H and O–H groups in total. The van der Waals surface area contributed by atoms with Gasteiger partial charge in [0.05, 0.1) is 18.4 Å². The van der Waals surface area contributed by atoms with Crippen LogP contribution in [0.2, 0.25) is 0 Å². The van der Waals surface area contributed by atoms with Gasteiger partial charge in [-0.3, -0.25) is 28.9 Å². The molecular weight excluding hydrogens is 342 g/mol. The number of hydrogen-bond acceptors (Lipinski definition) is 6. The zero-order valence-corrected chi connectivity index (χ0v) is 14.9. The van der Waals surface area contributed by atoms with Crippen LogP contribution in [0.25, 0.3) is 0 Å². The standard InChI is InChI=1S/C17H25N3O6/c1-2-7-18-13(21)8-19-14(22)10-26-15(23)9-20-16(24)11-5-3-4-6-12(11)17(20)25/h11-12H,2-10H2,1H3,(H,18,21)(H,19,22)/t11-,12-/m0/s1. The highest BCUT2D eigenvalue weighted by Gasteiger charge is 2.48. The van der Waals surface area contributed by atoms with Gasteiger partial charge in [-0.15, -0.1) is 0 Å². The average Bonchev–Trinajstić information content (AvgIpc) is 2.88. The van der Waals surface area contributed by atoms with E-state index in [1.807, 2.05) is 6.92 Å². The number of nitrogens with zero attached hydrogens (tertiary/aromatic N) is 1. The summed E-state index contributed by atoms with van der Waals surface area (Å²) in [6, 6.07) is 0. The molecule has 0 aromatic carbocycles. The maximum atomic E-state index is 12.3. The molecule has 0 spiro atoms. The zero-order chi connectivity index (χ0) is 19.1. The number of fused-ring (bicyclic) bond motifs is 1. The molecule has 9 nitrogen and oxygen atoms in total. The van der Waals surface area contributed by atoms with Gasteiger partial charge < -0.3 is 15.4 Å². The number of ether oxygens (including phenoxy) is 1. The minimum atomic E-state index is -0.823. The number of hydrogen-bond donors (Lipinski definition) is 2. The van der Waals surface area contributed by atoms with Crippen LogP contribution in [0, 0.1) is 11.8 Å². The Labute approximate surface area is 151 Å². The van der Waals surface area contributed by atoms with Gasteiger partial charge in [-0.25, -0.2) is 0 Å². The molecule has 1 saturated carbocycles. The van der Waals surface area contributed by atoms with Crippen LogP contribution in [0.4, 0.5) is 0 Å². The molecule has 0 aromatic rings. The predicted octanol–water partition coefficient (Wildman–Crippen LogP) is -0.653. The Kier molecular flexibility index (Phi) is 7.11. The molecular formula is C17H25N3O6. The fourth-order valence-corrected chi connectivity index (χ4v) is 3.26. The lowest BCUT2D eigenvalue weighted by atomic mass is 9.81. The first-order chi connectivity index (χ1) is 12.4. The predicted molar refractivity (Wildman–Crippen MR) is 89.4 cm³/mol. The summed E-state index contributed by atoms with van der Waals surface area (Å²) in [5, 5.41) is 4.91. The Balaban J connectivity index is 1.71. The van der Waals surface area contributed by atoms with Crippen LogP contribution in [-0.4, -0.2) is 60.7 Å². The van der Waals surface area contributed by atoms with Crippen molar-refractivity contribution in [3.05, 3.63) is 0 Å². The van der Waals surface area contributed by atoms with Gasteiger partial charge in [0.2, 0.25) is 17.7 Å². The number of rotatable bonds is 8. The van der Waals surface area contributed by atoms with E-state index in [1.54, 1.807) is 0 Å². The van der Waals surface area contributed by atoms with E-state index in [0.717, 1.165) is 24.2 Å². The van der Waals surface area contributed by atoms with E-state index in [2.05, 4.69) is 10.6 Å². The van der Waals surface area contributed by atoms with E-state index >= 15 is 0 Å². The minimum Gasteiger partial charge on any atom is -0.454 e. The van der Waals surface area contributed by atoms with Gasteiger partial charge in [-0.05, 0) is 19.3 Å². The number of carbonyl (C=O) groups excluding carboxylic acids is 5. The monoisotopic (exact) mass is 367 g/mol. The Morgan fingerprint density at radius 3 is 2.23 bits per heavy atom. The van der Waals surface area contributed by atoms with Crippen LogP contribution in [0.15, 0.2) is 0 Å². The van der Waals surface area contributed by atoms with Crippen molar-refractivity contribution >= 4 is 29.6 Å². The molecule has 26 heavy (non-hydrogen) atoms. The van der Waals surface area contributed by atoms with Crippen molar-refractivity contribution in [3.8, 4) is 0 Å². The van der Waals surface area contributed by atoms with Gasteiger partial charge >= 0.3 is 5.97 Å². The molecule has 1 aliphatic heterocycles. The van der Waals surface area contributed by atoms with E-state index < -0.39 is 25.0 Å². The van der Waals surface area contributed by atoms with Gasteiger partial charge in [0.25, 0.3) is 5.91 Å². The van der Waals surface area contributed by atoms with Crippen LogP contribution in [0.3, 0.4) is 0 Å². The smallest absolute Gasteiger partial charge is 0.326 e. The molecule has 144 valence electrons. The second-order valence-electron chi connectivity index (χ2n) is 6.55. The Bertz CT molecular complexity index is 567. The minimum absolute atomic E-state index is 0.206. The van der Waals surface area contributed by atoms with Crippen molar-refractivity contribution < 1.29 is 28.7 Å². The number of likely N-dealkylation sites (tertiary alicyclic amines) is 1. The molecule has 0 unspecified atom stereocenters. The molecule has 0 aromatic heterocycles. The van der Waals surface area contributed by atoms with E-state index in [4.69, 9.17) is 4.74 Å². The third kappa shape index (κ3) is 5.03. The Morgan fingerprint density at radius 1 is 1.04 bits per heavy atom. The molecule has 2 rings (SSSR count). The second kappa shape index (κ2) is 9.30. The van der Waals surface area contributed by atoms with Crippen LogP contribution in [0.1, 0.15) is 39.0 Å². The van der Waals surface area contributed by atoms with Gasteiger partial charge in [0, 0.05) is 6.54 Å². The molecule has 2 atom stereocenters. The lowest BCUT2D eigenvalue weighted by molar-refractivity contribution is -0.155. The molecule has 4 amide bonds. The summed E-state index contributed by atoms with van der Waals surface area (Å²) in [6.45, 7) is 1.17. The number of imide groups is 1. The number of esters is 1. The van der Waals surface area contributed by atoms with Crippen molar-refractivity contribution in [2.24, 2.45) is 11.8 Å². The number of amides is 4. The SMILES string of the molecule is CCCNC(=O)CNC(=O)COC(=O)CN1C(=O)[C@H]2CCCC[C@@H]2C1=O. The molecule has 0 radical (unpaired) electrons. The van der Waals surface area contributed by atoms with E-state index in [9.17, 15) is 24.0 Å². The highest BCUT2D eigenvalue weighted by Crippen LogP contribution is 2.37. The molecule has 2 aliphatic rings. The summed E-state index contributed by atoms with van der Waals surface area (Å²) in [4.78, 5) is 60.3. The Hall–Kier alpha value is -2.45. The number of carbonyl (C=O) groups is 5. The van der Waals surface area contributed by atoms with Crippen LogP contribution in [-0.2, 0) is 28.7 Å². The van der Waals surface area contributed by atoms with Crippen molar-refractivity contribution in [1.29, 1.82) is 0 Å². The van der Waals surface area contributed by atoms with Gasteiger partial charge in [0.1, 0.15) is 6.54 Å². The summed E-state index contributed by atoms with van der Waals surface area (Å²) in [7, 11) is 0. The van der Waals surface area contributed by atoms with Crippen molar-refractivity contribution in [3.63, 3.8) is 0 Å². The van der Waals surface area contributed by atoms with Gasteiger partial charge in [0.15, 0.2) is 6.61 Å². The molecule has 1 aliphatic carbocycles. The van der Waals surface area contributed by atoms with Gasteiger partial charge in [-0.2, -0.15) is 0 Å². The van der Waals surface area contributed by atoms with Crippen LogP contribution >= 0.6 is 0 Å². The quantitative estimate of drug-likeness (QED) is 0.434. The van der Waals surface area contributed by atoms with Crippen LogP contribution < -0.4 is 10.6 Å². The molecule has 9 heteroatoms. The highest BCUT2D eigenvalue weighted by atomic mass is 16.5. The summed E-state index contributed by atoms with van der Waals surface area (Å²) in [5.41, 5.74) is 0. The fourth-order valence-electron chi connectivity index (χ4n) is 3.26. The first-order valence-electron chi connectivity index (χ1n) is 8.98. The Morgan fingerprint density at radius 2 is 1.65 bits per heavy atom. The number of nitrogens with one attached hydrogen (secondary N) is 2. The second-order valence-corrected chi connectivity index (χ2v) is 6.55. The fraction of sp³-hybridized carbons (Fsp3) is 0.706. The summed E-state index contributed by atoms with van der Waals surface area (Å²) in [5.74, 6) is -3.08. The normalized spacial score (nSPS) is 22.0. The first kappa shape index (κ1) is 19.9. The van der Waals surface area contributed by atoms with Crippen LogP contribution in [0.5, 0.6) is 0 Å². The lowest BCUT2D eigenvalue weighted by Gasteiger charge is -2.19. The third-order valence-corrected chi connectivity index (χ3v) is 4.60. The largest absolute Gasteiger partial charge is 0.454 e. The van der Waals surface area contributed by atoms with Crippen molar-refractivity contribution in [2.75, 3.05) is 26.2 Å². The topological polar surface area (TPSA) is 122 Å². The molecule has 2 fully saturated rings. The van der Waals surface area contributed by atoms with Crippen molar-refractivity contribution in [2.45, 2.75) is 39.0 Å². The summed E-state index contributed by atoms with van der Waals surface area (Å²) >= 11 is 0. The maximum absolute atomic E-state index is 12.3. The van der Waals surface area contributed by atoms with E-state index in [-0.39, 0.29) is 36.1 Å². The highest BCUT2D eigenvalue weighted by molar-refractivity contribution is 6.07. The van der Waals surface area contributed by atoms with E-state index in [1.165, 1.54) is 0 Å². The molecule has 1 saturated heterocycles. The summed E-state index contributed by atoms with van der Waals surface area (Å²) < 4.78 is 4.80. The maximum Gasteiger partial charge on any atom is 0.326 e. The first-order valence-corrected chi connectivity index (χ1v) is 8.98. The average molecular weight is 367 g/mol. The van der Waals surface area contributed by atoms with Crippen molar-refractivity contribution in [1.82, 2.24) is 15.5 Å². The zero-order valence-electron chi connectivity index (χ0n) is 14.9. The van der Waals surface area contributed by atoms with Gasteiger partial charge in [-0.1, -0.05) is 19.8 Å². The molecule has 1 heterocycles. The van der Waals surface area contributed by atoms with E-state index in [0.29, 0.717) is 19.4 Å². The lowest BCUT2D eigenvalue weighted by Crippen LogP contribution is -2.40. The third-order valence-electron chi connectivity index (χ3n) is 4.60. The molecule has 0 bridgehead atoms. The summed E-state index contributed by atoms with van der Waals surface area (Å²) in [6.07, 6.45) is 3.94.